The zero-order chi connectivity index (χ0) is 11.7. The second-order valence-corrected chi connectivity index (χ2v) is 5.10. The molecule has 0 saturated carbocycles. The molecule has 0 N–H and O–H groups in total. The van der Waals surface area contributed by atoms with Crippen molar-refractivity contribution in [1.82, 2.24) is 0 Å². The Morgan fingerprint density at radius 2 is 1.41 bits per heavy atom. The number of benzene rings is 2. The van der Waals surface area contributed by atoms with Crippen LogP contribution in [-0.4, -0.2) is 29.6 Å². The molecule has 0 saturated heterocycles. The fourth-order valence-corrected chi connectivity index (χ4v) is 2.46. The van der Waals surface area contributed by atoms with Gasteiger partial charge in [0.05, 0.1) is 0 Å². The summed E-state index contributed by atoms with van der Waals surface area (Å²) in [6.07, 6.45) is 0. The van der Waals surface area contributed by atoms with Crippen molar-refractivity contribution in [2.24, 2.45) is 0 Å². The second-order valence-electron chi connectivity index (χ2n) is 5.10. The van der Waals surface area contributed by atoms with E-state index in [2.05, 4.69) is 64.1 Å². The summed E-state index contributed by atoms with van der Waals surface area (Å²) in [7, 11) is 0. The molecule has 0 amide bonds. The Bertz CT molecular complexity index is 498. The van der Waals surface area contributed by atoms with E-state index in [0.717, 1.165) is 0 Å². The van der Waals surface area contributed by atoms with E-state index in [9.17, 15) is 0 Å². The van der Waals surface area contributed by atoms with Crippen LogP contribution in [0.4, 0.5) is 0 Å². The predicted octanol–water partition coefficient (Wildman–Crippen LogP) is 4.71. The second kappa shape index (κ2) is 6.04. The molecule has 0 unspecified atom stereocenters. The van der Waals surface area contributed by atoms with Crippen LogP contribution in [0.2, 0.25) is 0 Å². The van der Waals surface area contributed by atoms with Crippen molar-refractivity contribution in [2.45, 2.75) is 39.5 Å². The first-order valence-electron chi connectivity index (χ1n) is 6.12. The van der Waals surface area contributed by atoms with Gasteiger partial charge in [-0.25, -0.2) is 0 Å². The molecule has 0 bridgehead atoms. The van der Waals surface area contributed by atoms with Crippen molar-refractivity contribution in [3.8, 4) is 0 Å². The largest absolute Gasteiger partial charge is 0.0616 e. The fourth-order valence-electron chi connectivity index (χ4n) is 2.46. The molecule has 0 fully saturated rings. The SMILES string of the molecule is CC(C)c1ccc2ccccc2c1C(C)C.[Na]. The van der Waals surface area contributed by atoms with Crippen molar-refractivity contribution in [3.05, 3.63) is 47.5 Å². The molecule has 85 valence electrons. The Kier molecular flexibility index (Phi) is 5.24. The van der Waals surface area contributed by atoms with Crippen molar-refractivity contribution in [1.29, 1.82) is 0 Å². The Balaban J connectivity index is 0.00000144. The summed E-state index contributed by atoms with van der Waals surface area (Å²) in [5, 5.41) is 2.78. The third-order valence-corrected chi connectivity index (χ3v) is 3.20. The molecule has 0 nitrogen and oxygen atoms in total. The van der Waals surface area contributed by atoms with E-state index in [-0.39, 0.29) is 29.6 Å². The average Bonchev–Trinajstić information content (AvgIpc) is 2.27. The minimum absolute atomic E-state index is 0. The van der Waals surface area contributed by atoms with Gasteiger partial charge in [-0.1, -0.05) is 64.1 Å². The van der Waals surface area contributed by atoms with Crippen LogP contribution < -0.4 is 0 Å². The molecule has 0 atom stereocenters. The van der Waals surface area contributed by atoms with Crippen LogP contribution >= 0.6 is 0 Å². The summed E-state index contributed by atoms with van der Waals surface area (Å²) in [6.45, 7) is 9.12. The quantitative estimate of drug-likeness (QED) is 0.661. The zero-order valence-corrected chi connectivity index (χ0v) is 13.6. The normalized spacial score (nSPS) is 10.9. The molecule has 0 aliphatic carbocycles. The van der Waals surface area contributed by atoms with Crippen molar-refractivity contribution < 1.29 is 0 Å². The van der Waals surface area contributed by atoms with Gasteiger partial charge in [-0.3, -0.25) is 0 Å². The molecule has 1 heteroatoms. The number of fused-ring (bicyclic) bond motifs is 1. The monoisotopic (exact) mass is 235 g/mol. The van der Waals surface area contributed by atoms with Gasteiger partial charge >= 0.3 is 0 Å². The molecule has 2 rings (SSSR count). The van der Waals surface area contributed by atoms with Crippen LogP contribution in [0.5, 0.6) is 0 Å². The maximum atomic E-state index is 2.29. The summed E-state index contributed by atoms with van der Waals surface area (Å²) in [5.41, 5.74) is 3.02. The molecule has 0 aliphatic rings. The molecule has 17 heavy (non-hydrogen) atoms. The molecule has 2 aromatic rings. The Morgan fingerprint density at radius 1 is 0.765 bits per heavy atom. The summed E-state index contributed by atoms with van der Waals surface area (Å²) in [6, 6.07) is 13.2. The standard InChI is InChI=1S/C16H20.Na/c1-11(2)14-10-9-13-7-5-6-8-15(13)16(14)12(3)4;/h5-12H,1-4H3;. The van der Waals surface area contributed by atoms with Gasteiger partial charge in [0, 0.05) is 29.6 Å². The third-order valence-electron chi connectivity index (χ3n) is 3.20. The van der Waals surface area contributed by atoms with Gasteiger partial charge in [-0.05, 0) is 33.7 Å². The van der Waals surface area contributed by atoms with Gasteiger partial charge in [0.25, 0.3) is 0 Å². The summed E-state index contributed by atoms with van der Waals surface area (Å²) in [5.74, 6) is 1.19. The van der Waals surface area contributed by atoms with E-state index in [1.54, 1.807) is 0 Å². The number of hydrogen-bond acceptors (Lipinski definition) is 0. The van der Waals surface area contributed by atoms with Gasteiger partial charge in [-0.2, -0.15) is 0 Å². The van der Waals surface area contributed by atoms with Gasteiger partial charge < -0.3 is 0 Å². The van der Waals surface area contributed by atoms with Crippen LogP contribution in [0.1, 0.15) is 50.7 Å². The first-order valence-corrected chi connectivity index (χ1v) is 6.12. The number of rotatable bonds is 2. The maximum absolute atomic E-state index is 2.29. The van der Waals surface area contributed by atoms with E-state index in [1.165, 1.54) is 21.9 Å². The van der Waals surface area contributed by atoms with Crippen LogP contribution in [0.15, 0.2) is 36.4 Å². The zero-order valence-electron chi connectivity index (χ0n) is 11.6. The van der Waals surface area contributed by atoms with Gasteiger partial charge in [-0.15, -0.1) is 0 Å². The molecule has 2 aromatic carbocycles. The Labute approximate surface area is 127 Å². The Hall–Kier alpha value is -0.300. The minimum atomic E-state index is 0. The third kappa shape index (κ3) is 2.93. The number of hydrogen-bond donors (Lipinski definition) is 0. The van der Waals surface area contributed by atoms with E-state index in [4.69, 9.17) is 0 Å². The molecular formula is C16H20Na. The van der Waals surface area contributed by atoms with E-state index in [1.807, 2.05) is 0 Å². The minimum Gasteiger partial charge on any atom is -0.0616 e. The maximum Gasteiger partial charge on any atom is 0 e. The first kappa shape index (κ1) is 14.8. The van der Waals surface area contributed by atoms with Crippen molar-refractivity contribution >= 4 is 40.3 Å². The molecule has 0 heterocycles. The first-order chi connectivity index (χ1) is 7.61. The molecule has 0 aromatic heterocycles. The molecular weight excluding hydrogens is 215 g/mol. The molecule has 0 aliphatic heterocycles. The van der Waals surface area contributed by atoms with E-state index < -0.39 is 0 Å². The predicted molar refractivity (Wildman–Crippen MR) is 77.9 cm³/mol. The summed E-state index contributed by atoms with van der Waals surface area (Å²) in [4.78, 5) is 0. The Morgan fingerprint density at radius 3 is 2.00 bits per heavy atom. The summed E-state index contributed by atoms with van der Waals surface area (Å²) >= 11 is 0. The van der Waals surface area contributed by atoms with Crippen LogP contribution in [0, 0.1) is 0 Å². The van der Waals surface area contributed by atoms with E-state index >= 15 is 0 Å². The van der Waals surface area contributed by atoms with Crippen molar-refractivity contribution in [2.75, 3.05) is 0 Å². The van der Waals surface area contributed by atoms with E-state index in [0.29, 0.717) is 11.8 Å². The van der Waals surface area contributed by atoms with Gasteiger partial charge in [0.15, 0.2) is 0 Å². The fraction of sp³-hybridized carbons (Fsp3) is 0.375. The van der Waals surface area contributed by atoms with Crippen LogP contribution in [0.3, 0.4) is 0 Å². The average molecular weight is 235 g/mol. The molecule has 1 radical (unpaired) electrons. The van der Waals surface area contributed by atoms with Crippen LogP contribution in [0.25, 0.3) is 10.8 Å². The smallest absolute Gasteiger partial charge is 0 e. The van der Waals surface area contributed by atoms with Gasteiger partial charge in [0.1, 0.15) is 0 Å². The van der Waals surface area contributed by atoms with Gasteiger partial charge in [0.2, 0.25) is 0 Å². The van der Waals surface area contributed by atoms with Crippen molar-refractivity contribution in [3.63, 3.8) is 0 Å². The molecule has 0 spiro atoms. The van der Waals surface area contributed by atoms with Crippen LogP contribution in [-0.2, 0) is 0 Å². The summed E-state index contributed by atoms with van der Waals surface area (Å²) < 4.78 is 0. The topological polar surface area (TPSA) is 0 Å².